The second-order valence-corrected chi connectivity index (χ2v) is 8.81. The van der Waals surface area contributed by atoms with E-state index in [9.17, 15) is 14.4 Å². The van der Waals surface area contributed by atoms with Crippen molar-refractivity contribution in [1.29, 1.82) is 0 Å². The molecule has 0 aliphatic rings. The molecule has 3 rings (SSSR count). The van der Waals surface area contributed by atoms with Crippen LogP contribution in [0.2, 0.25) is 0 Å². The number of anilines is 5. The molecule has 0 unspecified atom stereocenters. The molecule has 3 aromatic rings. The predicted molar refractivity (Wildman–Crippen MR) is 134 cm³/mol. The fourth-order valence-corrected chi connectivity index (χ4v) is 2.76. The molecule has 0 aliphatic carbocycles. The number of aromatic nitrogens is 3. The van der Waals surface area contributed by atoms with Gasteiger partial charge in [0, 0.05) is 16.9 Å². The maximum Gasteiger partial charge on any atom is 0.341 e. The second-order valence-electron chi connectivity index (χ2n) is 8.81. The van der Waals surface area contributed by atoms with E-state index in [0.29, 0.717) is 28.8 Å². The number of ether oxygens (including phenoxy) is 1. The molecule has 0 bridgehead atoms. The van der Waals surface area contributed by atoms with E-state index in [1.165, 1.54) is 6.08 Å². The molecular weight excluding hydrogens is 448 g/mol. The van der Waals surface area contributed by atoms with Crippen LogP contribution >= 0.6 is 0 Å². The summed E-state index contributed by atoms with van der Waals surface area (Å²) in [7, 11) is 0. The van der Waals surface area contributed by atoms with Gasteiger partial charge in [0.15, 0.2) is 6.29 Å². The zero-order valence-corrected chi connectivity index (χ0v) is 19.6. The van der Waals surface area contributed by atoms with Crippen LogP contribution in [0.4, 0.5) is 29.2 Å². The van der Waals surface area contributed by atoms with Crippen molar-refractivity contribution in [3.63, 3.8) is 0 Å². The van der Waals surface area contributed by atoms with Crippen molar-refractivity contribution in [3.05, 3.63) is 65.2 Å². The molecular formula is C25H26N6O4. The number of nitrogens with one attached hydrogen (secondary N) is 2. The molecule has 0 fully saturated rings. The Morgan fingerprint density at radius 3 is 1.86 bits per heavy atom. The van der Waals surface area contributed by atoms with Crippen LogP contribution in [0.25, 0.3) is 6.08 Å². The van der Waals surface area contributed by atoms with E-state index in [2.05, 4.69) is 25.6 Å². The SMILES string of the molecule is CC(C)(C)COC(=O)/C(C=O)=C/c1ccc(Nc2nc(N)nc(Nc3ccc(C=O)cc3)n2)cc1. The van der Waals surface area contributed by atoms with Gasteiger partial charge < -0.3 is 21.1 Å². The summed E-state index contributed by atoms with van der Waals surface area (Å²) in [5, 5.41) is 6.04. The first-order valence-corrected chi connectivity index (χ1v) is 10.7. The molecule has 0 spiro atoms. The highest BCUT2D eigenvalue weighted by molar-refractivity contribution is 6.11. The number of aldehydes is 2. The van der Waals surface area contributed by atoms with Gasteiger partial charge >= 0.3 is 5.97 Å². The summed E-state index contributed by atoms with van der Waals surface area (Å²) in [6.45, 7) is 6.00. The van der Waals surface area contributed by atoms with E-state index < -0.39 is 5.97 Å². The van der Waals surface area contributed by atoms with Gasteiger partial charge in [-0.1, -0.05) is 32.9 Å². The molecule has 1 heterocycles. The molecule has 0 aliphatic heterocycles. The van der Waals surface area contributed by atoms with Crippen molar-refractivity contribution in [3.8, 4) is 0 Å². The Kier molecular flexibility index (Phi) is 7.88. The molecule has 10 nitrogen and oxygen atoms in total. The van der Waals surface area contributed by atoms with Gasteiger partial charge in [0.25, 0.3) is 0 Å². The number of carbonyl (C=O) groups excluding carboxylic acids is 3. The lowest BCUT2D eigenvalue weighted by molar-refractivity contribution is -0.142. The maximum atomic E-state index is 12.2. The summed E-state index contributed by atoms with van der Waals surface area (Å²) < 4.78 is 5.20. The third-order valence-corrected chi connectivity index (χ3v) is 4.44. The Morgan fingerprint density at radius 1 is 0.886 bits per heavy atom. The van der Waals surface area contributed by atoms with Crippen LogP contribution in [0.1, 0.15) is 36.7 Å². The van der Waals surface area contributed by atoms with Crippen LogP contribution in [0, 0.1) is 5.41 Å². The molecule has 1 aromatic heterocycles. The van der Waals surface area contributed by atoms with E-state index in [0.717, 1.165) is 6.29 Å². The van der Waals surface area contributed by atoms with Crippen LogP contribution in [-0.2, 0) is 14.3 Å². The Labute approximate surface area is 202 Å². The highest BCUT2D eigenvalue weighted by Crippen LogP contribution is 2.20. The number of nitrogen functional groups attached to an aromatic ring is 1. The van der Waals surface area contributed by atoms with E-state index in [4.69, 9.17) is 10.5 Å². The maximum absolute atomic E-state index is 12.2. The normalized spacial score (nSPS) is 11.5. The predicted octanol–water partition coefficient (Wildman–Crippen LogP) is 3.93. The van der Waals surface area contributed by atoms with Crippen LogP contribution in [0.3, 0.4) is 0 Å². The molecule has 4 N–H and O–H groups in total. The molecule has 0 radical (unpaired) electrons. The van der Waals surface area contributed by atoms with E-state index >= 15 is 0 Å². The van der Waals surface area contributed by atoms with Crippen molar-refractivity contribution in [2.45, 2.75) is 20.8 Å². The monoisotopic (exact) mass is 474 g/mol. The molecule has 0 saturated heterocycles. The zero-order chi connectivity index (χ0) is 25.4. The first-order chi connectivity index (χ1) is 16.6. The minimum absolute atomic E-state index is 0.0125. The molecule has 0 atom stereocenters. The number of rotatable bonds is 9. The van der Waals surface area contributed by atoms with Gasteiger partial charge in [-0.05, 0) is 53.5 Å². The van der Waals surface area contributed by atoms with Crippen LogP contribution in [-0.4, -0.2) is 40.1 Å². The Hall–Kier alpha value is -4.60. The standard InChI is InChI=1S/C25H26N6O4/c1-25(2,3)15-35-21(34)18(14-33)12-16-4-8-19(9-5-16)27-23-29-22(26)30-24(31-23)28-20-10-6-17(13-32)7-11-20/h4-14H,15H2,1-3H3,(H4,26,27,28,29,30,31)/b18-12+. The van der Waals surface area contributed by atoms with Crippen LogP contribution < -0.4 is 16.4 Å². The topological polar surface area (TPSA) is 149 Å². The van der Waals surface area contributed by atoms with Gasteiger partial charge in [-0.2, -0.15) is 15.0 Å². The molecule has 2 aromatic carbocycles. The first kappa shape index (κ1) is 25.0. The van der Waals surface area contributed by atoms with Crippen molar-refractivity contribution in [2.24, 2.45) is 5.41 Å². The number of carbonyl (C=O) groups is 3. The summed E-state index contributed by atoms with van der Waals surface area (Å²) in [5.41, 5.74) is 8.05. The first-order valence-electron chi connectivity index (χ1n) is 10.7. The highest BCUT2D eigenvalue weighted by atomic mass is 16.5. The van der Waals surface area contributed by atoms with Gasteiger partial charge in [-0.3, -0.25) is 9.59 Å². The van der Waals surface area contributed by atoms with Gasteiger partial charge in [0.05, 0.1) is 12.2 Å². The number of benzene rings is 2. The molecule has 0 amide bonds. The summed E-state index contributed by atoms with van der Waals surface area (Å²) in [5.74, 6) is -0.216. The number of nitrogens with two attached hydrogens (primary N) is 1. The fourth-order valence-electron chi connectivity index (χ4n) is 2.76. The number of hydrogen-bond donors (Lipinski definition) is 3. The quantitative estimate of drug-likeness (QED) is 0.137. The molecule has 180 valence electrons. The average Bonchev–Trinajstić information content (AvgIpc) is 2.81. The highest BCUT2D eigenvalue weighted by Gasteiger charge is 2.16. The largest absolute Gasteiger partial charge is 0.461 e. The van der Waals surface area contributed by atoms with Crippen molar-refractivity contribution >= 4 is 53.8 Å². The Balaban J connectivity index is 1.69. The number of hydrogen-bond acceptors (Lipinski definition) is 10. The number of esters is 1. The summed E-state index contributed by atoms with van der Waals surface area (Å²) in [6, 6.07) is 13.7. The zero-order valence-electron chi connectivity index (χ0n) is 19.6. The lowest BCUT2D eigenvalue weighted by Crippen LogP contribution is -2.19. The Morgan fingerprint density at radius 2 is 1.40 bits per heavy atom. The molecule has 10 heteroatoms. The summed E-state index contributed by atoms with van der Waals surface area (Å²) >= 11 is 0. The smallest absolute Gasteiger partial charge is 0.341 e. The van der Waals surface area contributed by atoms with Gasteiger partial charge in [-0.15, -0.1) is 0 Å². The molecule has 0 saturated carbocycles. The van der Waals surface area contributed by atoms with Crippen molar-refractivity contribution in [1.82, 2.24) is 15.0 Å². The second kappa shape index (κ2) is 11.0. The molecule has 35 heavy (non-hydrogen) atoms. The van der Waals surface area contributed by atoms with E-state index in [1.807, 2.05) is 20.8 Å². The number of nitrogens with zero attached hydrogens (tertiary/aromatic N) is 3. The van der Waals surface area contributed by atoms with Crippen LogP contribution in [0.15, 0.2) is 54.1 Å². The van der Waals surface area contributed by atoms with Crippen LogP contribution in [0.5, 0.6) is 0 Å². The Bertz CT molecular complexity index is 1230. The van der Waals surface area contributed by atoms with Crippen molar-refractivity contribution < 1.29 is 19.1 Å². The van der Waals surface area contributed by atoms with E-state index in [-0.39, 0.29) is 35.4 Å². The van der Waals surface area contributed by atoms with Gasteiger partial charge in [0.1, 0.15) is 6.29 Å². The minimum atomic E-state index is -0.668. The van der Waals surface area contributed by atoms with Crippen molar-refractivity contribution in [2.75, 3.05) is 23.0 Å². The lowest BCUT2D eigenvalue weighted by Gasteiger charge is -2.17. The average molecular weight is 475 g/mol. The summed E-state index contributed by atoms with van der Waals surface area (Å²) in [4.78, 5) is 46.8. The minimum Gasteiger partial charge on any atom is -0.461 e. The van der Waals surface area contributed by atoms with E-state index in [1.54, 1.807) is 48.5 Å². The fraction of sp³-hybridized carbons (Fsp3) is 0.200. The van der Waals surface area contributed by atoms with Gasteiger partial charge in [0.2, 0.25) is 17.8 Å². The third kappa shape index (κ3) is 7.74. The lowest BCUT2D eigenvalue weighted by atomic mass is 9.99. The third-order valence-electron chi connectivity index (χ3n) is 4.44. The summed E-state index contributed by atoms with van der Waals surface area (Å²) in [6.07, 6.45) is 2.69. The van der Waals surface area contributed by atoms with Gasteiger partial charge in [-0.25, -0.2) is 4.79 Å².